The molecule has 162 valence electrons. The second kappa shape index (κ2) is 11.0. The predicted octanol–water partition coefficient (Wildman–Crippen LogP) is 2.13. The summed E-state index contributed by atoms with van der Waals surface area (Å²) in [4.78, 5) is 34.2. The number of aliphatic imine (C=N–C) groups is 1. The Hall–Kier alpha value is -2.56. The van der Waals surface area contributed by atoms with Crippen LogP contribution in [0.5, 0.6) is 0 Å². The summed E-state index contributed by atoms with van der Waals surface area (Å²) in [5.74, 6) is 1.08. The minimum absolute atomic E-state index is 0. The number of hydrogen-bond acceptors (Lipinski definition) is 4. The zero-order valence-electron chi connectivity index (χ0n) is 17.5. The van der Waals surface area contributed by atoms with Crippen molar-refractivity contribution < 1.29 is 14.0 Å². The number of amides is 2. The van der Waals surface area contributed by atoms with Gasteiger partial charge in [-0.3, -0.25) is 14.6 Å². The Morgan fingerprint density at radius 2 is 1.70 bits per heavy atom. The van der Waals surface area contributed by atoms with Crippen molar-refractivity contribution >= 4 is 41.8 Å². The molecule has 2 heterocycles. The van der Waals surface area contributed by atoms with Gasteiger partial charge in [-0.05, 0) is 29.8 Å². The Bertz CT molecular complexity index is 857. The normalized spacial score (nSPS) is 14.2. The molecule has 30 heavy (non-hydrogen) atoms. The van der Waals surface area contributed by atoms with Crippen molar-refractivity contribution in [2.75, 3.05) is 47.3 Å². The first-order valence-electron chi connectivity index (χ1n) is 9.58. The van der Waals surface area contributed by atoms with Crippen LogP contribution in [0.1, 0.15) is 26.5 Å². The maximum atomic E-state index is 12.4. The van der Waals surface area contributed by atoms with Crippen molar-refractivity contribution in [2.24, 2.45) is 4.99 Å². The number of furan rings is 1. The lowest BCUT2D eigenvalue weighted by atomic mass is 10.1. The summed E-state index contributed by atoms with van der Waals surface area (Å²) in [5.41, 5.74) is 1.73. The molecule has 2 amide bonds. The largest absolute Gasteiger partial charge is 0.459 e. The second-order valence-electron chi connectivity index (χ2n) is 7.05. The van der Waals surface area contributed by atoms with Gasteiger partial charge in [-0.25, -0.2) is 0 Å². The highest BCUT2D eigenvalue weighted by Crippen LogP contribution is 2.10. The minimum Gasteiger partial charge on any atom is -0.459 e. The van der Waals surface area contributed by atoms with Crippen molar-refractivity contribution in [1.82, 2.24) is 20.0 Å². The molecule has 1 aromatic heterocycles. The van der Waals surface area contributed by atoms with Gasteiger partial charge in [0.15, 0.2) is 11.7 Å². The standard InChI is InChI=1S/C21H27N5O3.HI/c1-22-21(23-15-16-6-8-17(9-7-16)19(27)24(2)3)26-12-10-25(11-13-26)20(28)18-5-4-14-29-18;/h4-9,14H,10-13,15H2,1-3H3,(H,22,23);1H. The molecule has 9 heteroatoms. The third-order valence-electron chi connectivity index (χ3n) is 4.87. The predicted molar refractivity (Wildman–Crippen MR) is 126 cm³/mol. The topological polar surface area (TPSA) is 81.4 Å². The van der Waals surface area contributed by atoms with Gasteiger partial charge in [-0.2, -0.15) is 0 Å². The first-order chi connectivity index (χ1) is 14.0. The molecule has 1 saturated heterocycles. The highest BCUT2D eigenvalue weighted by molar-refractivity contribution is 14.0. The third kappa shape index (κ3) is 5.74. The van der Waals surface area contributed by atoms with Crippen molar-refractivity contribution in [1.29, 1.82) is 0 Å². The molecule has 1 fully saturated rings. The maximum Gasteiger partial charge on any atom is 0.289 e. The van der Waals surface area contributed by atoms with Crippen molar-refractivity contribution in [3.63, 3.8) is 0 Å². The number of piperazine rings is 1. The van der Waals surface area contributed by atoms with E-state index in [9.17, 15) is 9.59 Å². The van der Waals surface area contributed by atoms with Crippen LogP contribution in [0.4, 0.5) is 0 Å². The van der Waals surface area contributed by atoms with E-state index >= 15 is 0 Å². The smallest absolute Gasteiger partial charge is 0.289 e. The van der Waals surface area contributed by atoms with E-state index < -0.39 is 0 Å². The number of nitrogens with zero attached hydrogens (tertiary/aromatic N) is 4. The molecule has 0 spiro atoms. The van der Waals surface area contributed by atoms with Crippen LogP contribution < -0.4 is 5.32 Å². The van der Waals surface area contributed by atoms with Gasteiger partial charge in [0, 0.05) is 59.4 Å². The molecule has 2 aromatic rings. The lowest BCUT2D eigenvalue weighted by Crippen LogP contribution is -2.53. The summed E-state index contributed by atoms with van der Waals surface area (Å²) in [7, 11) is 5.23. The van der Waals surface area contributed by atoms with Gasteiger partial charge in [-0.15, -0.1) is 24.0 Å². The second-order valence-corrected chi connectivity index (χ2v) is 7.05. The number of halogens is 1. The zero-order valence-corrected chi connectivity index (χ0v) is 19.8. The number of benzene rings is 1. The number of rotatable bonds is 4. The van der Waals surface area contributed by atoms with E-state index in [0.717, 1.165) is 11.5 Å². The third-order valence-corrected chi connectivity index (χ3v) is 4.87. The van der Waals surface area contributed by atoms with Crippen LogP contribution in [0, 0.1) is 0 Å². The van der Waals surface area contributed by atoms with Gasteiger partial charge in [0.05, 0.1) is 6.26 Å². The van der Waals surface area contributed by atoms with Gasteiger partial charge < -0.3 is 24.4 Å². The molecule has 0 unspecified atom stereocenters. The van der Waals surface area contributed by atoms with Crippen LogP contribution in [0.25, 0.3) is 0 Å². The van der Waals surface area contributed by atoms with E-state index in [1.807, 2.05) is 24.3 Å². The summed E-state index contributed by atoms with van der Waals surface area (Å²) in [6.07, 6.45) is 1.51. The monoisotopic (exact) mass is 525 g/mol. The molecule has 1 aromatic carbocycles. The SMILES string of the molecule is CN=C(NCc1ccc(C(=O)N(C)C)cc1)N1CCN(C(=O)c2ccco2)CC1.I. The van der Waals surface area contributed by atoms with Crippen LogP contribution in [0.15, 0.2) is 52.1 Å². The van der Waals surface area contributed by atoms with Crippen LogP contribution >= 0.6 is 24.0 Å². The summed E-state index contributed by atoms with van der Waals surface area (Å²) in [6, 6.07) is 11.0. The number of guanidine groups is 1. The minimum atomic E-state index is -0.0787. The fraction of sp³-hybridized carbons (Fsp3) is 0.381. The van der Waals surface area contributed by atoms with Crippen LogP contribution in [0.2, 0.25) is 0 Å². The number of hydrogen-bond donors (Lipinski definition) is 1. The first kappa shape index (κ1) is 23.7. The van der Waals surface area contributed by atoms with E-state index in [1.54, 1.807) is 43.1 Å². The molecule has 1 aliphatic heterocycles. The summed E-state index contributed by atoms with van der Waals surface area (Å²) in [5, 5.41) is 3.36. The molecule has 1 N–H and O–H groups in total. The molecule has 0 atom stereocenters. The molecule has 0 aliphatic carbocycles. The van der Waals surface area contributed by atoms with Gasteiger partial charge in [-0.1, -0.05) is 12.1 Å². The van der Waals surface area contributed by atoms with Crippen LogP contribution in [0.3, 0.4) is 0 Å². The average molecular weight is 525 g/mol. The van der Waals surface area contributed by atoms with Gasteiger partial charge in [0.1, 0.15) is 0 Å². The van der Waals surface area contributed by atoms with Crippen molar-refractivity contribution in [3.05, 3.63) is 59.5 Å². The molecule has 0 radical (unpaired) electrons. The molecule has 3 rings (SSSR count). The summed E-state index contributed by atoms with van der Waals surface area (Å²) < 4.78 is 5.20. The van der Waals surface area contributed by atoms with E-state index in [4.69, 9.17) is 4.42 Å². The molecule has 0 saturated carbocycles. The Kier molecular flexibility index (Phi) is 8.70. The summed E-state index contributed by atoms with van der Waals surface area (Å²) >= 11 is 0. The maximum absolute atomic E-state index is 12.4. The molecule has 8 nitrogen and oxygen atoms in total. The highest BCUT2D eigenvalue weighted by Gasteiger charge is 2.25. The Morgan fingerprint density at radius 3 is 2.23 bits per heavy atom. The van der Waals surface area contributed by atoms with Crippen molar-refractivity contribution in [2.45, 2.75) is 6.54 Å². The van der Waals surface area contributed by atoms with Crippen molar-refractivity contribution in [3.8, 4) is 0 Å². The fourth-order valence-corrected chi connectivity index (χ4v) is 3.21. The number of carbonyl (C=O) groups is 2. The average Bonchev–Trinajstić information content (AvgIpc) is 3.29. The van der Waals surface area contributed by atoms with Crippen LogP contribution in [-0.2, 0) is 6.54 Å². The quantitative estimate of drug-likeness (QED) is 0.376. The Morgan fingerprint density at radius 1 is 1.07 bits per heavy atom. The van der Waals surface area contributed by atoms with E-state index in [1.165, 1.54) is 6.26 Å². The first-order valence-corrected chi connectivity index (χ1v) is 9.58. The fourth-order valence-electron chi connectivity index (χ4n) is 3.21. The molecular formula is C21H28IN5O3. The van der Waals surface area contributed by atoms with E-state index in [0.29, 0.717) is 44.0 Å². The van der Waals surface area contributed by atoms with Gasteiger partial charge in [0.25, 0.3) is 11.8 Å². The summed E-state index contributed by atoms with van der Waals surface area (Å²) in [6.45, 7) is 3.22. The molecule has 1 aliphatic rings. The van der Waals surface area contributed by atoms with Gasteiger partial charge in [0.2, 0.25) is 0 Å². The lowest BCUT2D eigenvalue weighted by Gasteiger charge is -2.36. The van der Waals surface area contributed by atoms with E-state index in [-0.39, 0.29) is 35.8 Å². The highest BCUT2D eigenvalue weighted by atomic mass is 127. The van der Waals surface area contributed by atoms with Crippen LogP contribution in [-0.4, -0.2) is 79.8 Å². The Labute approximate surface area is 193 Å². The number of nitrogens with one attached hydrogen (secondary N) is 1. The lowest BCUT2D eigenvalue weighted by molar-refractivity contribution is 0.0657. The molecule has 0 bridgehead atoms. The molecular weight excluding hydrogens is 497 g/mol. The van der Waals surface area contributed by atoms with E-state index in [2.05, 4.69) is 15.2 Å². The zero-order chi connectivity index (χ0) is 20.8. The Balaban J connectivity index is 0.00000320. The number of carbonyl (C=O) groups excluding carboxylic acids is 2. The van der Waals surface area contributed by atoms with Gasteiger partial charge >= 0.3 is 0 Å².